The van der Waals surface area contributed by atoms with Gasteiger partial charge in [-0.25, -0.2) is 4.79 Å². The van der Waals surface area contributed by atoms with E-state index in [4.69, 9.17) is 18.7 Å². The number of carboxylic acids is 1. The van der Waals surface area contributed by atoms with Crippen LogP contribution < -0.4 is 14.2 Å². The summed E-state index contributed by atoms with van der Waals surface area (Å²) in [6.45, 7) is 1.71. The number of carbonyl (C=O) groups is 1. The van der Waals surface area contributed by atoms with Crippen molar-refractivity contribution in [2.45, 2.75) is 13.5 Å². The molecule has 0 spiro atoms. The Morgan fingerprint density at radius 1 is 1.40 bits per heavy atom. The molecule has 2 aromatic rings. The summed E-state index contributed by atoms with van der Waals surface area (Å²) in [5, 5.41) is 12.8. The van der Waals surface area contributed by atoms with E-state index in [2.05, 4.69) is 10.1 Å². The van der Waals surface area contributed by atoms with Crippen LogP contribution in [0.25, 0.3) is 0 Å². The first kappa shape index (κ1) is 12.3. The van der Waals surface area contributed by atoms with Gasteiger partial charge in [-0.15, -0.1) is 0 Å². The lowest BCUT2D eigenvalue weighted by molar-refractivity contribution is 0.0690. The van der Waals surface area contributed by atoms with Gasteiger partial charge in [0.25, 0.3) is 5.89 Å². The van der Waals surface area contributed by atoms with Crippen LogP contribution in [0.1, 0.15) is 22.1 Å². The number of carboxylic acid groups (broad SMARTS) is 1. The van der Waals surface area contributed by atoms with E-state index in [1.54, 1.807) is 6.92 Å². The molecule has 1 N–H and O–H groups in total. The van der Waals surface area contributed by atoms with Gasteiger partial charge in [0.15, 0.2) is 23.9 Å². The molecule has 1 aliphatic rings. The van der Waals surface area contributed by atoms with Gasteiger partial charge in [0, 0.05) is 12.1 Å². The van der Waals surface area contributed by atoms with Crippen LogP contribution in [0.5, 0.6) is 17.2 Å². The molecule has 0 bridgehead atoms. The molecule has 1 aromatic heterocycles. The monoisotopic (exact) mass is 278 g/mol. The second-order valence-electron chi connectivity index (χ2n) is 4.03. The highest BCUT2D eigenvalue weighted by molar-refractivity contribution is 5.92. The molecule has 8 nitrogen and oxygen atoms in total. The second-order valence-corrected chi connectivity index (χ2v) is 4.03. The molecule has 1 aliphatic heterocycles. The Kier molecular flexibility index (Phi) is 2.90. The molecule has 0 saturated heterocycles. The zero-order valence-electron chi connectivity index (χ0n) is 10.5. The Hall–Kier alpha value is -2.77. The van der Waals surface area contributed by atoms with Crippen LogP contribution in [0.4, 0.5) is 0 Å². The summed E-state index contributed by atoms with van der Waals surface area (Å²) in [7, 11) is 0. The van der Waals surface area contributed by atoms with Crippen molar-refractivity contribution in [3.63, 3.8) is 0 Å². The number of fused-ring (bicyclic) bond motifs is 1. The summed E-state index contributed by atoms with van der Waals surface area (Å²) in [6.07, 6.45) is 0. The summed E-state index contributed by atoms with van der Waals surface area (Å²) in [5.74, 6) is 0.581. The molecule has 2 heterocycles. The minimum Gasteiger partial charge on any atom is -0.483 e. The zero-order chi connectivity index (χ0) is 14.1. The van der Waals surface area contributed by atoms with Crippen molar-refractivity contribution in [2.24, 2.45) is 0 Å². The van der Waals surface area contributed by atoms with Crippen LogP contribution in [-0.2, 0) is 6.61 Å². The fourth-order valence-corrected chi connectivity index (χ4v) is 1.75. The van der Waals surface area contributed by atoms with Crippen LogP contribution in [0.3, 0.4) is 0 Å². The average Bonchev–Trinajstić information content (AvgIpc) is 3.03. The maximum atomic E-state index is 11.2. The summed E-state index contributed by atoms with van der Waals surface area (Å²) in [6, 6.07) is 2.83. The summed E-state index contributed by atoms with van der Waals surface area (Å²) in [5.41, 5.74) is -0.0227. The number of aromatic carboxylic acids is 1. The number of nitrogens with zero attached hydrogens (tertiary/aromatic N) is 2. The van der Waals surface area contributed by atoms with Crippen LogP contribution in [0.15, 0.2) is 16.7 Å². The quantitative estimate of drug-likeness (QED) is 0.894. The molecule has 0 saturated carbocycles. The molecule has 8 heteroatoms. The van der Waals surface area contributed by atoms with Crippen molar-refractivity contribution in [3.8, 4) is 17.2 Å². The molecule has 1 aromatic carbocycles. The predicted octanol–water partition coefficient (Wildman–Crippen LogP) is 1.38. The van der Waals surface area contributed by atoms with Crippen molar-refractivity contribution in [2.75, 3.05) is 6.79 Å². The van der Waals surface area contributed by atoms with Crippen molar-refractivity contribution < 1.29 is 28.6 Å². The number of hydrogen-bond donors (Lipinski definition) is 1. The third kappa shape index (κ3) is 2.22. The second kappa shape index (κ2) is 4.72. The lowest BCUT2D eigenvalue weighted by Crippen LogP contribution is -2.03. The van der Waals surface area contributed by atoms with Crippen LogP contribution in [0.2, 0.25) is 0 Å². The number of hydrogen-bond acceptors (Lipinski definition) is 7. The van der Waals surface area contributed by atoms with E-state index < -0.39 is 5.97 Å². The molecule has 0 radical (unpaired) electrons. The van der Waals surface area contributed by atoms with Crippen molar-refractivity contribution in [1.29, 1.82) is 0 Å². The SMILES string of the molecule is Cc1noc(COc2cc3c(cc2C(=O)O)OCO3)n1. The maximum absolute atomic E-state index is 11.2. The van der Waals surface area contributed by atoms with E-state index in [-0.39, 0.29) is 30.6 Å². The highest BCUT2D eigenvalue weighted by Gasteiger charge is 2.22. The van der Waals surface area contributed by atoms with Gasteiger partial charge in [-0.1, -0.05) is 5.16 Å². The Bertz CT molecular complexity index is 666. The molecular weight excluding hydrogens is 268 g/mol. The van der Waals surface area contributed by atoms with Crippen molar-refractivity contribution in [3.05, 3.63) is 29.4 Å². The van der Waals surface area contributed by atoms with E-state index in [0.29, 0.717) is 17.3 Å². The number of rotatable bonds is 4. The van der Waals surface area contributed by atoms with Gasteiger partial charge in [-0.3, -0.25) is 0 Å². The molecular formula is C12H10N2O6. The fourth-order valence-electron chi connectivity index (χ4n) is 1.75. The Balaban J connectivity index is 1.86. The predicted molar refractivity (Wildman–Crippen MR) is 62.9 cm³/mol. The largest absolute Gasteiger partial charge is 0.483 e. The lowest BCUT2D eigenvalue weighted by Gasteiger charge is -2.08. The standard InChI is InChI=1S/C12H10N2O6/c1-6-13-11(20-14-6)4-17-8-3-10-9(18-5-19-10)2-7(8)12(15)16/h2-3H,4-5H2,1H3,(H,15,16). The van der Waals surface area contributed by atoms with Gasteiger partial charge < -0.3 is 23.8 Å². The summed E-state index contributed by atoms with van der Waals surface area (Å²) < 4.78 is 20.6. The molecule has 0 atom stereocenters. The van der Waals surface area contributed by atoms with Crippen LogP contribution in [0, 0.1) is 6.92 Å². The molecule has 104 valence electrons. The minimum atomic E-state index is -1.12. The van der Waals surface area contributed by atoms with Gasteiger partial charge in [0.2, 0.25) is 6.79 Å². The molecule has 0 aliphatic carbocycles. The smallest absolute Gasteiger partial charge is 0.339 e. The van der Waals surface area contributed by atoms with Gasteiger partial charge in [-0.2, -0.15) is 4.98 Å². The van der Waals surface area contributed by atoms with E-state index in [1.807, 2.05) is 0 Å². The van der Waals surface area contributed by atoms with Gasteiger partial charge in [-0.05, 0) is 6.92 Å². The molecule has 3 rings (SSSR count). The van der Waals surface area contributed by atoms with Gasteiger partial charge >= 0.3 is 5.97 Å². The molecule has 0 fully saturated rings. The summed E-state index contributed by atoms with van der Waals surface area (Å²) in [4.78, 5) is 15.2. The number of ether oxygens (including phenoxy) is 3. The summed E-state index contributed by atoms with van der Waals surface area (Å²) >= 11 is 0. The maximum Gasteiger partial charge on any atom is 0.339 e. The van der Waals surface area contributed by atoms with Crippen molar-refractivity contribution in [1.82, 2.24) is 10.1 Å². The first-order valence-corrected chi connectivity index (χ1v) is 5.72. The van der Waals surface area contributed by atoms with E-state index in [9.17, 15) is 9.90 Å². The van der Waals surface area contributed by atoms with E-state index >= 15 is 0 Å². The van der Waals surface area contributed by atoms with Crippen LogP contribution >= 0.6 is 0 Å². The highest BCUT2D eigenvalue weighted by Crippen LogP contribution is 2.38. The number of aryl methyl sites for hydroxylation is 1. The minimum absolute atomic E-state index is 0.0227. The third-order valence-electron chi connectivity index (χ3n) is 2.63. The molecule has 20 heavy (non-hydrogen) atoms. The Morgan fingerprint density at radius 3 is 2.80 bits per heavy atom. The fraction of sp³-hybridized carbons (Fsp3) is 0.250. The number of aromatic nitrogens is 2. The number of benzene rings is 1. The molecule has 0 unspecified atom stereocenters. The van der Waals surface area contributed by atoms with E-state index in [0.717, 1.165) is 0 Å². The van der Waals surface area contributed by atoms with Crippen LogP contribution in [-0.4, -0.2) is 28.0 Å². The molecule has 0 amide bonds. The van der Waals surface area contributed by atoms with E-state index in [1.165, 1.54) is 12.1 Å². The Morgan fingerprint density at radius 2 is 2.15 bits per heavy atom. The first-order chi connectivity index (χ1) is 9.63. The average molecular weight is 278 g/mol. The van der Waals surface area contributed by atoms with Crippen molar-refractivity contribution >= 4 is 5.97 Å². The van der Waals surface area contributed by atoms with Gasteiger partial charge in [0.1, 0.15) is 11.3 Å². The third-order valence-corrected chi connectivity index (χ3v) is 2.63. The zero-order valence-corrected chi connectivity index (χ0v) is 10.5. The normalized spacial score (nSPS) is 12.4. The Labute approximate surface area is 112 Å². The first-order valence-electron chi connectivity index (χ1n) is 5.72. The topological polar surface area (TPSA) is 104 Å². The lowest BCUT2D eigenvalue weighted by atomic mass is 10.2. The highest BCUT2D eigenvalue weighted by atomic mass is 16.7. The van der Waals surface area contributed by atoms with Gasteiger partial charge in [0.05, 0.1) is 0 Å².